The standard InChI is InChI=1S/C21H19ClF3N3O4/c22-16-7-2-1-6-15(16)18(19(30)27-13-9-21(24,25)10-13)28(17(29)11-26-20(31)32)14-5-3-4-12(23)8-14/h1-8,13,18,26H,9-11H2,(H,27,30)(H,31,32). The molecule has 3 N–H and O–H groups in total. The molecule has 2 aromatic rings. The number of nitrogens with zero attached hydrogens (tertiary/aromatic N) is 1. The normalized spacial score (nSPS) is 15.9. The zero-order valence-corrected chi connectivity index (χ0v) is 17.3. The summed E-state index contributed by atoms with van der Waals surface area (Å²) < 4.78 is 40.5. The molecule has 2 aromatic carbocycles. The minimum absolute atomic E-state index is 0.0406. The summed E-state index contributed by atoms with van der Waals surface area (Å²) in [5.74, 6) is -5.28. The Balaban J connectivity index is 2.03. The first kappa shape index (κ1) is 23.4. The van der Waals surface area contributed by atoms with E-state index < -0.39 is 61.1 Å². The highest BCUT2D eigenvalue weighted by Crippen LogP contribution is 2.38. The van der Waals surface area contributed by atoms with Crippen LogP contribution in [0.25, 0.3) is 0 Å². The zero-order valence-electron chi connectivity index (χ0n) is 16.5. The summed E-state index contributed by atoms with van der Waals surface area (Å²) >= 11 is 6.27. The summed E-state index contributed by atoms with van der Waals surface area (Å²) in [6, 6.07) is 8.59. The molecule has 0 radical (unpaired) electrons. The molecule has 0 bridgehead atoms. The van der Waals surface area contributed by atoms with E-state index in [-0.39, 0.29) is 16.3 Å². The number of carbonyl (C=O) groups is 3. The second-order valence-electron chi connectivity index (χ2n) is 7.30. The number of hydrogen-bond acceptors (Lipinski definition) is 3. The topological polar surface area (TPSA) is 98.7 Å². The highest BCUT2D eigenvalue weighted by Gasteiger charge is 2.47. The van der Waals surface area contributed by atoms with Crippen LogP contribution in [0.2, 0.25) is 5.02 Å². The van der Waals surface area contributed by atoms with Gasteiger partial charge in [0.05, 0.1) is 0 Å². The van der Waals surface area contributed by atoms with Crippen molar-refractivity contribution in [2.24, 2.45) is 0 Å². The molecule has 1 atom stereocenters. The van der Waals surface area contributed by atoms with Crippen molar-refractivity contribution in [1.29, 1.82) is 0 Å². The molecule has 32 heavy (non-hydrogen) atoms. The van der Waals surface area contributed by atoms with E-state index in [0.29, 0.717) is 0 Å². The van der Waals surface area contributed by atoms with Crippen LogP contribution < -0.4 is 15.5 Å². The van der Waals surface area contributed by atoms with E-state index in [2.05, 4.69) is 5.32 Å². The minimum Gasteiger partial charge on any atom is -0.465 e. The number of hydrogen-bond donors (Lipinski definition) is 3. The van der Waals surface area contributed by atoms with Crippen LogP contribution in [0, 0.1) is 5.82 Å². The second kappa shape index (κ2) is 9.47. The van der Waals surface area contributed by atoms with Crippen LogP contribution >= 0.6 is 11.6 Å². The number of amides is 3. The fourth-order valence-corrected chi connectivity index (χ4v) is 3.68. The lowest BCUT2D eigenvalue weighted by atomic mass is 9.87. The second-order valence-corrected chi connectivity index (χ2v) is 7.70. The van der Waals surface area contributed by atoms with Crippen LogP contribution in [-0.4, -0.2) is 41.5 Å². The van der Waals surface area contributed by atoms with E-state index in [4.69, 9.17) is 16.7 Å². The Morgan fingerprint density at radius 2 is 1.84 bits per heavy atom. The molecular weight excluding hydrogens is 451 g/mol. The smallest absolute Gasteiger partial charge is 0.405 e. The van der Waals surface area contributed by atoms with Gasteiger partial charge in [-0.25, -0.2) is 18.0 Å². The number of anilines is 1. The average molecular weight is 470 g/mol. The van der Waals surface area contributed by atoms with Crippen LogP contribution in [0.1, 0.15) is 24.4 Å². The Morgan fingerprint density at radius 1 is 1.16 bits per heavy atom. The molecule has 1 fully saturated rings. The fraction of sp³-hybridized carbons (Fsp3) is 0.286. The molecule has 0 aliphatic heterocycles. The monoisotopic (exact) mass is 469 g/mol. The molecule has 3 rings (SSSR count). The molecular formula is C21H19ClF3N3O4. The summed E-state index contributed by atoms with van der Waals surface area (Å²) in [7, 11) is 0. The number of alkyl halides is 2. The lowest BCUT2D eigenvalue weighted by molar-refractivity contribution is -0.132. The van der Waals surface area contributed by atoms with Crippen molar-refractivity contribution >= 4 is 35.2 Å². The summed E-state index contributed by atoms with van der Waals surface area (Å²) in [5.41, 5.74) is 0.117. The number of rotatable bonds is 7. The third-order valence-corrected chi connectivity index (χ3v) is 5.23. The average Bonchev–Trinajstić information content (AvgIpc) is 2.69. The molecule has 0 aromatic heterocycles. The van der Waals surface area contributed by atoms with Crippen molar-refractivity contribution in [2.45, 2.75) is 30.8 Å². The number of benzene rings is 2. The van der Waals surface area contributed by atoms with E-state index in [1.54, 1.807) is 12.1 Å². The van der Waals surface area contributed by atoms with Crippen molar-refractivity contribution in [3.05, 3.63) is 64.9 Å². The molecule has 1 aliphatic rings. The van der Waals surface area contributed by atoms with Gasteiger partial charge in [0.25, 0.3) is 5.92 Å². The number of halogens is 4. The fourth-order valence-electron chi connectivity index (χ4n) is 3.44. The van der Waals surface area contributed by atoms with Crippen molar-refractivity contribution < 1.29 is 32.7 Å². The molecule has 1 aliphatic carbocycles. The largest absolute Gasteiger partial charge is 0.465 e. The Hall–Kier alpha value is -3.27. The minimum atomic E-state index is -2.89. The van der Waals surface area contributed by atoms with Crippen LogP contribution in [0.3, 0.4) is 0 Å². The Labute approximate surface area is 186 Å². The van der Waals surface area contributed by atoms with E-state index in [1.165, 1.54) is 24.3 Å². The maximum absolute atomic E-state index is 14.0. The van der Waals surface area contributed by atoms with Crippen molar-refractivity contribution in [3.63, 3.8) is 0 Å². The van der Waals surface area contributed by atoms with E-state index in [1.807, 2.05) is 5.32 Å². The number of carboxylic acid groups (broad SMARTS) is 1. The summed E-state index contributed by atoms with van der Waals surface area (Å²) in [4.78, 5) is 38.0. The molecule has 0 saturated heterocycles. The lowest BCUT2D eigenvalue weighted by Gasteiger charge is -2.38. The predicted molar refractivity (Wildman–Crippen MR) is 110 cm³/mol. The van der Waals surface area contributed by atoms with Gasteiger partial charge in [0.2, 0.25) is 11.8 Å². The zero-order chi connectivity index (χ0) is 23.5. The maximum atomic E-state index is 14.0. The van der Waals surface area contributed by atoms with Gasteiger partial charge in [-0.15, -0.1) is 0 Å². The quantitative estimate of drug-likeness (QED) is 0.575. The van der Waals surface area contributed by atoms with Gasteiger partial charge in [-0.2, -0.15) is 0 Å². The van der Waals surface area contributed by atoms with Crippen LogP contribution in [0.5, 0.6) is 0 Å². The molecule has 7 nitrogen and oxygen atoms in total. The van der Waals surface area contributed by atoms with Crippen LogP contribution in [0.4, 0.5) is 23.7 Å². The molecule has 1 unspecified atom stereocenters. The Morgan fingerprint density at radius 3 is 2.44 bits per heavy atom. The first-order valence-corrected chi connectivity index (χ1v) is 9.92. The predicted octanol–water partition coefficient (Wildman–Crippen LogP) is 3.73. The summed E-state index contributed by atoms with van der Waals surface area (Å²) in [5, 5.41) is 13.4. The Kier molecular flexibility index (Phi) is 6.93. The van der Waals surface area contributed by atoms with E-state index in [0.717, 1.165) is 17.0 Å². The van der Waals surface area contributed by atoms with Crippen molar-refractivity contribution in [2.75, 3.05) is 11.4 Å². The third kappa shape index (κ3) is 5.50. The maximum Gasteiger partial charge on any atom is 0.405 e. The van der Waals surface area contributed by atoms with Gasteiger partial charge >= 0.3 is 6.09 Å². The van der Waals surface area contributed by atoms with Gasteiger partial charge in [0, 0.05) is 35.2 Å². The van der Waals surface area contributed by atoms with Crippen molar-refractivity contribution in [1.82, 2.24) is 10.6 Å². The molecule has 0 spiro atoms. The number of carbonyl (C=O) groups excluding carboxylic acids is 2. The Bertz CT molecular complexity index is 1030. The molecule has 11 heteroatoms. The van der Waals surface area contributed by atoms with Gasteiger partial charge < -0.3 is 15.7 Å². The summed E-state index contributed by atoms with van der Waals surface area (Å²) in [6.07, 6.45) is -2.58. The van der Waals surface area contributed by atoms with E-state index in [9.17, 15) is 27.6 Å². The first-order chi connectivity index (χ1) is 15.1. The molecule has 0 heterocycles. The SMILES string of the molecule is O=C(O)NCC(=O)N(c1cccc(F)c1)C(C(=O)NC1CC(F)(F)C1)c1ccccc1Cl. The van der Waals surface area contributed by atoms with Crippen LogP contribution in [0.15, 0.2) is 48.5 Å². The van der Waals surface area contributed by atoms with Gasteiger partial charge in [0.15, 0.2) is 0 Å². The van der Waals surface area contributed by atoms with Crippen molar-refractivity contribution in [3.8, 4) is 0 Å². The van der Waals surface area contributed by atoms with Gasteiger partial charge in [-0.3, -0.25) is 14.5 Å². The summed E-state index contributed by atoms with van der Waals surface area (Å²) in [6.45, 7) is -0.721. The van der Waals surface area contributed by atoms with Gasteiger partial charge in [0.1, 0.15) is 18.4 Å². The molecule has 170 valence electrons. The first-order valence-electron chi connectivity index (χ1n) is 9.54. The number of nitrogens with one attached hydrogen (secondary N) is 2. The molecule has 1 saturated carbocycles. The highest BCUT2D eigenvalue weighted by atomic mass is 35.5. The molecule has 3 amide bonds. The van der Waals surface area contributed by atoms with Gasteiger partial charge in [-0.05, 0) is 24.3 Å². The van der Waals surface area contributed by atoms with Gasteiger partial charge in [-0.1, -0.05) is 35.9 Å². The third-order valence-electron chi connectivity index (χ3n) is 4.89. The lowest BCUT2D eigenvalue weighted by Crippen LogP contribution is -2.54. The highest BCUT2D eigenvalue weighted by molar-refractivity contribution is 6.31. The van der Waals surface area contributed by atoms with E-state index >= 15 is 0 Å². The van der Waals surface area contributed by atoms with Crippen LogP contribution in [-0.2, 0) is 9.59 Å².